The lowest BCUT2D eigenvalue weighted by atomic mass is 10.2. The van der Waals surface area contributed by atoms with Crippen molar-refractivity contribution in [2.45, 2.75) is 6.16 Å². The molecule has 0 saturated heterocycles. The van der Waals surface area contributed by atoms with Crippen molar-refractivity contribution in [3.05, 3.63) is 126 Å². The lowest BCUT2D eigenvalue weighted by Crippen LogP contribution is -3.00. The molecule has 0 heterocycles. The van der Waals surface area contributed by atoms with E-state index in [1.807, 2.05) is 12.1 Å². The van der Waals surface area contributed by atoms with Crippen LogP contribution in [0.3, 0.4) is 0 Å². The van der Waals surface area contributed by atoms with E-state index in [9.17, 15) is 5.26 Å². The monoisotopic (exact) mass is 413 g/mol. The molecule has 4 aromatic rings. The highest BCUT2D eigenvalue weighted by Gasteiger charge is 2.46. The summed E-state index contributed by atoms with van der Waals surface area (Å²) in [5.74, 6) is 0. The van der Waals surface area contributed by atoms with Crippen molar-refractivity contribution in [2.24, 2.45) is 0 Å². The lowest BCUT2D eigenvalue weighted by Gasteiger charge is -2.28. The minimum atomic E-state index is -2.05. The Hall–Kier alpha value is -2.91. The van der Waals surface area contributed by atoms with E-state index in [0.717, 1.165) is 17.0 Å². The van der Waals surface area contributed by atoms with E-state index in [2.05, 4.69) is 109 Å². The Morgan fingerprint density at radius 3 is 1.55 bits per heavy atom. The predicted octanol–water partition coefficient (Wildman–Crippen LogP) is 2.06. The molecular formula is C26H21ClNP. The maximum atomic E-state index is 9.91. The SMILES string of the molecule is N#Cc1ccccc1[P+](Cc1ccccc1)(c1ccccc1)c1ccccc1.[Cl-]. The Morgan fingerprint density at radius 1 is 0.586 bits per heavy atom. The van der Waals surface area contributed by atoms with E-state index < -0.39 is 7.26 Å². The van der Waals surface area contributed by atoms with Crippen LogP contribution in [0, 0.1) is 11.3 Å². The van der Waals surface area contributed by atoms with Gasteiger partial charge in [-0.25, -0.2) is 0 Å². The third-order valence-corrected chi connectivity index (χ3v) is 9.50. The van der Waals surface area contributed by atoms with Gasteiger partial charge in [-0.05, 0) is 42.0 Å². The van der Waals surface area contributed by atoms with Gasteiger partial charge in [0.2, 0.25) is 0 Å². The number of nitriles is 1. The van der Waals surface area contributed by atoms with E-state index in [-0.39, 0.29) is 12.4 Å². The summed E-state index contributed by atoms with van der Waals surface area (Å²) >= 11 is 0. The smallest absolute Gasteiger partial charge is 0.122 e. The van der Waals surface area contributed by atoms with Gasteiger partial charge in [-0.3, -0.25) is 0 Å². The Morgan fingerprint density at radius 2 is 1.03 bits per heavy atom. The van der Waals surface area contributed by atoms with Crippen molar-refractivity contribution < 1.29 is 12.4 Å². The highest BCUT2D eigenvalue weighted by molar-refractivity contribution is 7.95. The maximum absolute atomic E-state index is 9.91. The van der Waals surface area contributed by atoms with Crippen LogP contribution in [0.15, 0.2) is 115 Å². The zero-order chi connectivity index (χ0) is 19.2. The van der Waals surface area contributed by atoms with Gasteiger partial charge in [0.05, 0.1) is 11.7 Å². The topological polar surface area (TPSA) is 23.8 Å². The highest BCUT2D eigenvalue weighted by atomic mass is 35.5. The molecule has 3 heteroatoms. The Bertz CT molecular complexity index is 1050. The molecule has 0 fully saturated rings. The number of hydrogen-bond donors (Lipinski definition) is 0. The fraction of sp³-hybridized carbons (Fsp3) is 0.0385. The first-order valence-electron chi connectivity index (χ1n) is 9.37. The summed E-state index contributed by atoms with van der Waals surface area (Å²) in [6, 6.07) is 42.6. The van der Waals surface area contributed by atoms with Crippen molar-refractivity contribution in [1.82, 2.24) is 0 Å². The molecule has 0 aliphatic carbocycles. The summed E-state index contributed by atoms with van der Waals surface area (Å²) in [6.07, 6.45) is 0.889. The van der Waals surface area contributed by atoms with Crippen LogP contribution < -0.4 is 28.3 Å². The number of rotatable bonds is 5. The van der Waals surface area contributed by atoms with Crippen LogP contribution in [0.5, 0.6) is 0 Å². The summed E-state index contributed by atoms with van der Waals surface area (Å²) in [5.41, 5.74) is 2.05. The van der Waals surface area contributed by atoms with E-state index in [0.29, 0.717) is 0 Å². The third kappa shape index (κ3) is 4.10. The third-order valence-electron chi connectivity index (χ3n) is 5.09. The second-order valence-corrected chi connectivity index (χ2v) is 10.2. The molecule has 0 saturated carbocycles. The summed E-state index contributed by atoms with van der Waals surface area (Å²) < 4.78 is 0. The van der Waals surface area contributed by atoms with Gasteiger partial charge < -0.3 is 12.4 Å². The summed E-state index contributed by atoms with van der Waals surface area (Å²) in [6.45, 7) is 0. The fourth-order valence-electron chi connectivity index (χ4n) is 3.82. The quantitative estimate of drug-likeness (QED) is 0.459. The van der Waals surface area contributed by atoms with E-state index in [1.165, 1.54) is 16.2 Å². The molecule has 0 amide bonds. The molecular weight excluding hydrogens is 393 g/mol. The molecule has 1 nitrogen and oxygen atoms in total. The van der Waals surface area contributed by atoms with Crippen molar-refractivity contribution in [3.63, 3.8) is 0 Å². The molecule has 0 atom stereocenters. The molecule has 0 unspecified atom stereocenters. The van der Waals surface area contributed by atoms with Gasteiger partial charge in [0.25, 0.3) is 0 Å². The normalized spacial score (nSPS) is 10.6. The maximum Gasteiger partial charge on any atom is 0.122 e. The first-order chi connectivity index (χ1) is 13.8. The number of benzene rings is 4. The first kappa shape index (κ1) is 20.8. The van der Waals surface area contributed by atoms with Crippen molar-refractivity contribution in [2.75, 3.05) is 0 Å². The standard InChI is InChI=1S/C26H21NP.ClH/c27-20-23-14-10-11-19-26(23)28(24-15-6-2-7-16-24,25-17-8-3-9-18-25)21-22-12-4-1-5-13-22;/h1-19H,21H2;1H/q+1;/p-1. The van der Waals surface area contributed by atoms with Crippen molar-refractivity contribution in [3.8, 4) is 6.07 Å². The predicted molar refractivity (Wildman–Crippen MR) is 120 cm³/mol. The van der Waals surface area contributed by atoms with Gasteiger partial charge in [-0.15, -0.1) is 0 Å². The van der Waals surface area contributed by atoms with Gasteiger partial charge in [-0.1, -0.05) is 78.9 Å². The summed E-state index contributed by atoms with van der Waals surface area (Å²) in [4.78, 5) is 0. The molecule has 142 valence electrons. The molecule has 0 bridgehead atoms. The summed E-state index contributed by atoms with van der Waals surface area (Å²) in [7, 11) is -2.05. The number of hydrogen-bond acceptors (Lipinski definition) is 1. The van der Waals surface area contributed by atoms with Gasteiger partial charge in [0.15, 0.2) is 0 Å². The summed E-state index contributed by atoms with van der Waals surface area (Å²) in [5, 5.41) is 13.7. The zero-order valence-corrected chi connectivity index (χ0v) is 17.6. The Kier molecular flexibility index (Phi) is 6.84. The number of nitrogens with zero attached hydrogens (tertiary/aromatic N) is 1. The lowest BCUT2D eigenvalue weighted by molar-refractivity contribution is -0.00000566. The van der Waals surface area contributed by atoms with Gasteiger partial charge in [0.1, 0.15) is 29.2 Å². The van der Waals surface area contributed by atoms with E-state index >= 15 is 0 Å². The molecule has 4 rings (SSSR count). The average molecular weight is 414 g/mol. The molecule has 0 N–H and O–H groups in total. The van der Waals surface area contributed by atoms with Crippen LogP contribution >= 0.6 is 7.26 Å². The average Bonchev–Trinajstić information content (AvgIpc) is 2.79. The van der Waals surface area contributed by atoms with Crippen LogP contribution in [0.1, 0.15) is 11.1 Å². The largest absolute Gasteiger partial charge is 1.00 e. The molecule has 29 heavy (non-hydrogen) atoms. The van der Waals surface area contributed by atoms with Crippen LogP contribution in [0.2, 0.25) is 0 Å². The van der Waals surface area contributed by atoms with Gasteiger partial charge in [-0.2, -0.15) is 5.26 Å². The zero-order valence-electron chi connectivity index (χ0n) is 15.9. The second kappa shape index (κ2) is 9.53. The second-order valence-electron chi connectivity index (χ2n) is 6.75. The molecule has 0 aliphatic rings. The Balaban J connectivity index is 0.00000240. The van der Waals surface area contributed by atoms with E-state index in [1.54, 1.807) is 0 Å². The van der Waals surface area contributed by atoms with Crippen molar-refractivity contribution in [1.29, 1.82) is 5.26 Å². The molecule has 4 aromatic carbocycles. The minimum Gasteiger partial charge on any atom is -1.00 e. The molecule has 0 aliphatic heterocycles. The van der Waals surface area contributed by atoms with Crippen LogP contribution in [0.25, 0.3) is 0 Å². The minimum absolute atomic E-state index is 0. The molecule has 0 spiro atoms. The fourth-order valence-corrected chi connectivity index (χ4v) is 8.21. The van der Waals surface area contributed by atoms with Crippen molar-refractivity contribution >= 4 is 23.2 Å². The van der Waals surface area contributed by atoms with E-state index in [4.69, 9.17) is 0 Å². The highest BCUT2D eigenvalue weighted by Crippen LogP contribution is 2.58. The molecule has 0 aromatic heterocycles. The van der Waals surface area contributed by atoms with Crippen LogP contribution in [-0.2, 0) is 6.16 Å². The van der Waals surface area contributed by atoms with Crippen LogP contribution in [-0.4, -0.2) is 0 Å². The molecule has 0 radical (unpaired) electrons. The van der Waals surface area contributed by atoms with Gasteiger partial charge >= 0.3 is 0 Å². The first-order valence-corrected chi connectivity index (χ1v) is 11.3. The Labute approximate surface area is 179 Å². The van der Waals surface area contributed by atoms with Gasteiger partial charge in [0, 0.05) is 0 Å². The number of halogens is 1. The van der Waals surface area contributed by atoms with Crippen LogP contribution in [0.4, 0.5) is 0 Å².